The smallest absolute Gasteiger partial charge is 0.248 e. The minimum Gasteiger partial charge on any atom is -0.394 e. The predicted molar refractivity (Wildman–Crippen MR) is 77.6 cm³/mol. The second-order valence-corrected chi connectivity index (χ2v) is 4.16. The van der Waals surface area contributed by atoms with Crippen molar-refractivity contribution in [1.29, 1.82) is 0 Å². The molecular weight excluding hydrogens is 459 g/mol. The van der Waals surface area contributed by atoms with E-state index in [1.165, 1.54) is 13.0 Å². The molecule has 1 unspecified atom stereocenters. The van der Waals surface area contributed by atoms with Gasteiger partial charge in [-0.1, -0.05) is 27.2 Å². The molecule has 1 aliphatic heterocycles. The Balaban J connectivity index is 0. The summed E-state index contributed by atoms with van der Waals surface area (Å²) >= 11 is 0. The van der Waals surface area contributed by atoms with Crippen molar-refractivity contribution in [2.75, 3.05) is 0 Å². The molecule has 0 bridgehead atoms. The van der Waals surface area contributed by atoms with Gasteiger partial charge in [0, 0.05) is 33.3 Å². The van der Waals surface area contributed by atoms with Gasteiger partial charge in [0.1, 0.15) is 5.91 Å². The molecule has 3 amide bonds. The maximum Gasteiger partial charge on any atom is 0.248 e. The van der Waals surface area contributed by atoms with E-state index in [4.69, 9.17) is 0 Å². The van der Waals surface area contributed by atoms with E-state index in [0.717, 1.165) is 0 Å². The first-order chi connectivity index (χ1) is 9.93. The summed E-state index contributed by atoms with van der Waals surface area (Å²) in [4.78, 5) is 34.3. The first-order valence-electron chi connectivity index (χ1n) is 7.04. The van der Waals surface area contributed by atoms with Crippen LogP contribution in [0.2, 0.25) is 0 Å². The number of carbonyl (C=O) groups is 3. The summed E-state index contributed by atoms with van der Waals surface area (Å²) in [6.07, 6.45) is 4.77. The van der Waals surface area contributed by atoms with Gasteiger partial charge in [-0.15, -0.1) is 11.6 Å². The van der Waals surface area contributed by atoms with Crippen molar-refractivity contribution in [2.45, 2.75) is 53.0 Å². The second kappa shape index (κ2) is 12.3. The fourth-order valence-electron chi connectivity index (χ4n) is 1.66. The Morgan fingerprint density at radius 3 is 2.50 bits per heavy atom. The van der Waals surface area contributed by atoms with E-state index >= 15 is 0 Å². The molecular formula is C15H22FN2O3W-. The molecule has 0 aromatic rings. The van der Waals surface area contributed by atoms with Gasteiger partial charge in [0.15, 0.2) is 0 Å². The zero-order valence-electron chi connectivity index (χ0n) is 13.3. The standard InChI is InChI=1S/C13H16FN2O3.C2H6.W/c1-3-4-9(7-8(2)14)12(18)15-10-5-6-11(17)16-13(10)19;1-2;/h4,10H,3,5-6H2,1-2H3,(H,15,18)(H,16,17,19);1-2H3;/q-1;;/b9-4+;;. The fourth-order valence-corrected chi connectivity index (χ4v) is 1.66. The van der Waals surface area contributed by atoms with Gasteiger partial charge >= 0.3 is 0 Å². The average molecular weight is 481 g/mol. The molecule has 124 valence electrons. The molecule has 22 heavy (non-hydrogen) atoms. The van der Waals surface area contributed by atoms with E-state index in [0.29, 0.717) is 6.42 Å². The van der Waals surface area contributed by atoms with Crippen LogP contribution >= 0.6 is 0 Å². The molecule has 5 nitrogen and oxygen atoms in total. The summed E-state index contributed by atoms with van der Waals surface area (Å²) in [6.45, 7) is 6.98. The fraction of sp³-hybridized carbons (Fsp3) is 0.533. The van der Waals surface area contributed by atoms with Crippen LogP contribution in [0, 0.1) is 6.08 Å². The van der Waals surface area contributed by atoms with Crippen molar-refractivity contribution in [3.8, 4) is 0 Å². The Morgan fingerprint density at radius 2 is 2.05 bits per heavy atom. The predicted octanol–water partition coefficient (Wildman–Crippen LogP) is 1.94. The van der Waals surface area contributed by atoms with Crippen LogP contribution in [0.5, 0.6) is 0 Å². The zero-order chi connectivity index (χ0) is 16.4. The number of piperidine rings is 1. The maximum absolute atomic E-state index is 12.8. The second-order valence-electron chi connectivity index (χ2n) is 4.16. The number of carbonyl (C=O) groups excluding carboxylic acids is 3. The molecule has 0 aromatic heterocycles. The third-order valence-corrected chi connectivity index (χ3v) is 2.50. The number of hydrogen-bond acceptors (Lipinski definition) is 3. The van der Waals surface area contributed by atoms with Crippen molar-refractivity contribution in [3.05, 3.63) is 23.6 Å². The van der Waals surface area contributed by atoms with E-state index in [-0.39, 0.29) is 45.4 Å². The van der Waals surface area contributed by atoms with Crippen molar-refractivity contribution in [2.24, 2.45) is 0 Å². The number of rotatable bonds is 4. The van der Waals surface area contributed by atoms with E-state index in [1.54, 1.807) is 6.92 Å². The van der Waals surface area contributed by atoms with Crippen molar-refractivity contribution in [1.82, 2.24) is 10.6 Å². The third kappa shape index (κ3) is 8.22. The third-order valence-electron chi connectivity index (χ3n) is 2.50. The van der Waals surface area contributed by atoms with E-state index in [2.05, 4.69) is 16.7 Å². The van der Waals surface area contributed by atoms with Crippen LogP contribution < -0.4 is 10.6 Å². The first-order valence-corrected chi connectivity index (χ1v) is 7.04. The SMILES string of the molecule is CC.CC/C=C(\[C-]=C(C)F)C(=O)NC1CCC(=O)NC1=O.[W]. The maximum atomic E-state index is 12.8. The molecule has 0 spiro atoms. The summed E-state index contributed by atoms with van der Waals surface area (Å²) in [5.41, 5.74) is 0.0483. The summed E-state index contributed by atoms with van der Waals surface area (Å²) in [5.74, 6) is -2.08. The molecule has 0 aromatic carbocycles. The Hall–Kier alpha value is -1.29. The molecule has 0 saturated carbocycles. The number of hydrogen-bond donors (Lipinski definition) is 2. The number of imide groups is 1. The van der Waals surface area contributed by atoms with Gasteiger partial charge in [-0.3, -0.25) is 14.9 Å². The molecule has 0 radical (unpaired) electrons. The molecule has 1 heterocycles. The van der Waals surface area contributed by atoms with Gasteiger partial charge in [0.05, 0.1) is 6.04 Å². The average Bonchev–Trinajstić information content (AvgIpc) is 2.43. The molecule has 7 heteroatoms. The Labute approximate surface area is 145 Å². The summed E-state index contributed by atoms with van der Waals surface area (Å²) < 4.78 is 12.8. The van der Waals surface area contributed by atoms with E-state index < -0.39 is 23.7 Å². The molecule has 1 rings (SSSR count). The summed E-state index contributed by atoms with van der Waals surface area (Å²) in [6, 6.07) is -0.771. The minimum atomic E-state index is -0.771. The molecule has 1 atom stereocenters. The van der Waals surface area contributed by atoms with E-state index in [1.807, 2.05) is 13.8 Å². The van der Waals surface area contributed by atoms with Gasteiger partial charge in [-0.2, -0.15) is 6.08 Å². The number of allylic oxidation sites excluding steroid dienone is 2. The topological polar surface area (TPSA) is 75.3 Å². The van der Waals surface area contributed by atoms with Crippen LogP contribution in [-0.4, -0.2) is 23.8 Å². The van der Waals surface area contributed by atoms with Crippen LogP contribution in [0.25, 0.3) is 0 Å². The molecule has 0 aliphatic carbocycles. The first kappa shape index (κ1) is 23.0. The summed E-state index contributed by atoms with van der Waals surface area (Å²) in [5, 5.41) is 4.60. The van der Waals surface area contributed by atoms with Crippen molar-refractivity contribution < 1.29 is 39.8 Å². The van der Waals surface area contributed by atoms with Crippen LogP contribution in [-0.2, 0) is 35.4 Å². The van der Waals surface area contributed by atoms with Crippen molar-refractivity contribution >= 4 is 17.7 Å². The molecule has 1 fully saturated rings. The van der Waals surface area contributed by atoms with E-state index in [9.17, 15) is 18.8 Å². The normalized spacial score (nSPS) is 18.5. The monoisotopic (exact) mass is 481 g/mol. The Bertz CT molecular complexity index is 458. The van der Waals surface area contributed by atoms with Crippen LogP contribution in [0.1, 0.15) is 47.0 Å². The van der Waals surface area contributed by atoms with Gasteiger partial charge < -0.3 is 10.1 Å². The van der Waals surface area contributed by atoms with Crippen molar-refractivity contribution in [3.63, 3.8) is 0 Å². The van der Waals surface area contributed by atoms with Crippen LogP contribution in [0.3, 0.4) is 0 Å². The van der Waals surface area contributed by atoms with Gasteiger partial charge in [-0.05, 0) is 13.3 Å². The van der Waals surface area contributed by atoms with Gasteiger partial charge in [-0.25, -0.2) is 4.39 Å². The Kier molecular flexibility index (Phi) is 12.8. The number of halogens is 1. The Morgan fingerprint density at radius 1 is 1.45 bits per heavy atom. The minimum absolute atomic E-state index is 0. The largest absolute Gasteiger partial charge is 0.394 e. The van der Waals surface area contributed by atoms with Crippen LogP contribution in [0.15, 0.2) is 17.5 Å². The number of amides is 3. The molecule has 2 N–H and O–H groups in total. The molecule has 1 aliphatic rings. The van der Waals surface area contributed by atoms with Crippen LogP contribution in [0.4, 0.5) is 4.39 Å². The zero-order valence-corrected chi connectivity index (χ0v) is 16.2. The number of nitrogens with one attached hydrogen (secondary N) is 2. The quantitative estimate of drug-likeness (QED) is 0.279. The van der Waals surface area contributed by atoms with Gasteiger partial charge in [0.25, 0.3) is 0 Å². The van der Waals surface area contributed by atoms with Gasteiger partial charge in [0.2, 0.25) is 11.8 Å². The summed E-state index contributed by atoms with van der Waals surface area (Å²) in [7, 11) is 0. The molecule has 1 saturated heterocycles.